The van der Waals surface area contributed by atoms with Crippen LogP contribution in [0.4, 0.5) is 0 Å². The molecule has 3 N–H and O–H groups in total. The third kappa shape index (κ3) is 8.36. The predicted octanol–water partition coefficient (Wildman–Crippen LogP) is 3.20. The largest absolute Gasteiger partial charge is 0.465 e. The minimum Gasteiger partial charge on any atom is -0.465 e. The van der Waals surface area contributed by atoms with Gasteiger partial charge in [0.15, 0.2) is 5.11 Å². The van der Waals surface area contributed by atoms with Crippen molar-refractivity contribution in [2.45, 2.75) is 19.3 Å². The average molecular weight is 468 g/mol. The lowest BCUT2D eigenvalue weighted by atomic mass is 10.2. The molecular formula is C20H19Cl2N3O4S. The summed E-state index contributed by atoms with van der Waals surface area (Å²) in [6.07, 6.45) is 0.406. The number of hydrogen-bond donors (Lipinski definition) is 3. The fourth-order valence-electron chi connectivity index (χ4n) is 2.29. The first-order valence-electron chi connectivity index (χ1n) is 8.90. The van der Waals surface area contributed by atoms with Crippen LogP contribution in [-0.4, -0.2) is 29.5 Å². The highest BCUT2D eigenvalue weighted by Crippen LogP contribution is 2.20. The van der Waals surface area contributed by atoms with Crippen LogP contribution in [0.2, 0.25) is 10.0 Å². The Labute approximate surface area is 189 Å². The van der Waals surface area contributed by atoms with Crippen LogP contribution in [0.3, 0.4) is 0 Å². The second-order valence-corrected chi connectivity index (χ2v) is 7.29. The van der Waals surface area contributed by atoms with Crippen LogP contribution in [0.15, 0.2) is 48.5 Å². The Hall–Kier alpha value is -2.68. The van der Waals surface area contributed by atoms with Gasteiger partial charge in [-0.2, -0.15) is 0 Å². The van der Waals surface area contributed by atoms with E-state index in [0.717, 1.165) is 5.56 Å². The number of esters is 1. The van der Waals surface area contributed by atoms with Crippen molar-refractivity contribution in [3.8, 4) is 0 Å². The highest BCUT2D eigenvalue weighted by molar-refractivity contribution is 7.80. The van der Waals surface area contributed by atoms with Gasteiger partial charge in [-0.25, -0.2) is 0 Å². The van der Waals surface area contributed by atoms with Crippen molar-refractivity contribution in [2.75, 3.05) is 6.61 Å². The van der Waals surface area contributed by atoms with Crippen molar-refractivity contribution in [3.63, 3.8) is 0 Å². The molecule has 0 heterocycles. The number of ether oxygens (including phenoxy) is 1. The maximum absolute atomic E-state index is 12.1. The van der Waals surface area contributed by atoms with Crippen molar-refractivity contribution in [1.82, 2.24) is 16.2 Å². The molecule has 0 saturated heterocycles. The van der Waals surface area contributed by atoms with Gasteiger partial charge in [0, 0.05) is 17.9 Å². The van der Waals surface area contributed by atoms with E-state index in [1.807, 2.05) is 30.3 Å². The van der Waals surface area contributed by atoms with E-state index < -0.39 is 17.8 Å². The Morgan fingerprint density at radius 1 is 0.967 bits per heavy atom. The fourth-order valence-corrected chi connectivity index (χ4v) is 2.95. The first-order valence-corrected chi connectivity index (χ1v) is 10.1. The smallest absolute Gasteiger partial charge is 0.306 e. The summed E-state index contributed by atoms with van der Waals surface area (Å²) in [5.41, 5.74) is 5.93. The van der Waals surface area contributed by atoms with E-state index in [4.69, 9.17) is 40.2 Å². The zero-order valence-corrected chi connectivity index (χ0v) is 18.1. The minimum atomic E-state index is -0.560. The molecule has 2 rings (SSSR count). The zero-order chi connectivity index (χ0) is 21.9. The first-order chi connectivity index (χ1) is 14.3. The van der Waals surface area contributed by atoms with Crippen molar-refractivity contribution in [1.29, 1.82) is 0 Å². The van der Waals surface area contributed by atoms with Gasteiger partial charge in [0.05, 0.1) is 23.6 Å². The quantitative estimate of drug-likeness (QED) is 0.328. The molecule has 0 aliphatic heterocycles. The van der Waals surface area contributed by atoms with E-state index in [2.05, 4.69) is 16.2 Å². The van der Waals surface area contributed by atoms with Crippen LogP contribution >= 0.6 is 35.4 Å². The molecule has 0 spiro atoms. The van der Waals surface area contributed by atoms with Gasteiger partial charge in [0.2, 0.25) is 5.91 Å². The van der Waals surface area contributed by atoms with Gasteiger partial charge >= 0.3 is 5.97 Å². The molecule has 0 aliphatic rings. The minimum absolute atomic E-state index is 0.0873. The number of thiocarbonyl (C=S) groups is 1. The molecule has 0 fully saturated rings. The average Bonchev–Trinajstić information content (AvgIpc) is 2.71. The Morgan fingerprint density at radius 2 is 1.70 bits per heavy atom. The third-order valence-electron chi connectivity index (χ3n) is 3.77. The molecule has 0 aliphatic carbocycles. The van der Waals surface area contributed by atoms with Crippen molar-refractivity contribution < 1.29 is 19.1 Å². The number of carbonyl (C=O) groups excluding carboxylic acids is 3. The number of benzene rings is 2. The zero-order valence-electron chi connectivity index (χ0n) is 15.7. The van der Waals surface area contributed by atoms with Crippen LogP contribution in [0, 0.1) is 0 Å². The maximum atomic E-state index is 12.1. The number of hydrogen-bond acceptors (Lipinski definition) is 5. The standard InChI is InChI=1S/C20H19Cl2N3O4S/c21-14-6-7-15(16(22)12-14)19(28)24-25-20(30)23-17(26)8-9-18(27)29-11-10-13-4-2-1-3-5-13/h1-7,12H,8-11H2,(H,24,28)(H2,23,25,26,30). The first kappa shape index (κ1) is 23.6. The Kier molecular flexibility index (Phi) is 9.53. The second-order valence-electron chi connectivity index (χ2n) is 6.04. The summed E-state index contributed by atoms with van der Waals surface area (Å²) in [5, 5.41) is 2.79. The topological polar surface area (TPSA) is 96.5 Å². The molecule has 0 radical (unpaired) electrons. The summed E-state index contributed by atoms with van der Waals surface area (Å²) in [5.74, 6) is -1.54. The predicted molar refractivity (Wildman–Crippen MR) is 118 cm³/mol. The number of carbonyl (C=O) groups is 3. The van der Waals surface area contributed by atoms with Gasteiger partial charge < -0.3 is 10.1 Å². The molecule has 0 aromatic heterocycles. The molecule has 2 amide bonds. The van der Waals surface area contributed by atoms with Crippen LogP contribution < -0.4 is 16.2 Å². The number of nitrogens with one attached hydrogen (secondary N) is 3. The van der Waals surface area contributed by atoms with Gasteiger partial charge in [-0.3, -0.25) is 25.2 Å². The summed E-state index contributed by atoms with van der Waals surface area (Å²) in [7, 11) is 0. The molecule has 0 saturated carbocycles. The molecule has 0 unspecified atom stereocenters. The second kappa shape index (κ2) is 12.1. The highest BCUT2D eigenvalue weighted by Gasteiger charge is 2.13. The van der Waals surface area contributed by atoms with Gasteiger partial charge in [0.1, 0.15) is 0 Å². The van der Waals surface area contributed by atoms with Gasteiger partial charge in [-0.05, 0) is 36.0 Å². The van der Waals surface area contributed by atoms with Crippen LogP contribution in [-0.2, 0) is 20.7 Å². The molecule has 2 aromatic carbocycles. The molecule has 2 aromatic rings. The normalized spacial score (nSPS) is 10.1. The van der Waals surface area contributed by atoms with E-state index in [-0.39, 0.29) is 35.1 Å². The highest BCUT2D eigenvalue weighted by atomic mass is 35.5. The number of hydrazine groups is 1. The third-order valence-corrected chi connectivity index (χ3v) is 4.52. The summed E-state index contributed by atoms with van der Waals surface area (Å²) >= 11 is 16.7. The molecule has 0 bridgehead atoms. The molecular weight excluding hydrogens is 449 g/mol. The van der Waals surface area contributed by atoms with Gasteiger partial charge in [-0.15, -0.1) is 0 Å². The summed E-state index contributed by atoms with van der Waals surface area (Å²) in [6.45, 7) is 0.240. The SMILES string of the molecule is O=C(CCC(=O)OCCc1ccccc1)NC(=S)NNC(=O)c1ccc(Cl)cc1Cl. The Morgan fingerprint density at radius 3 is 2.40 bits per heavy atom. The Balaban J connectivity index is 1.63. The van der Waals surface area contributed by atoms with Gasteiger partial charge in [0.25, 0.3) is 5.91 Å². The van der Waals surface area contributed by atoms with Crippen LogP contribution in [0.5, 0.6) is 0 Å². The lowest BCUT2D eigenvalue weighted by Crippen LogP contribution is -2.48. The summed E-state index contributed by atoms with van der Waals surface area (Å²) in [6, 6.07) is 14.0. The van der Waals surface area contributed by atoms with Gasteiger partial charge in [-0.1, -0.05) is 53.5 Å². The fraction of sp³-hybridized carbons (Fsp3) is 0.200. The number of rotatable bonds is 7. The van der Waals surface area contributed by atoms with E-state index in [1.54, 1.807) is 0 Å². The lowest BCUT2D eigenvalue weighted by molar-refractivity contribution is -0.144. The summed E-state index contributed by atoms with van der Waals surface area (Å²) in [4.78, 5) is 35.6. The van der Waals surface area contributed by atoms with E-state index in [1.165, 1.54) is 18.2 Å². The maximum Gasteiger partial charge on any atom is 0.306 e. The van der Waals surface area contributed by atoms with E-state index in [0.29, 0.717) is 11.4 Å². The molecule has 10 heteroatoms. The monoisotopic (exact) mass is 467 g/mol. The summed E-state index contributed by atoms with van der Waals surface area (Å²) < 4.78 is 5.10. The molecule has 7 nitrogen and oxygen atoms in total. The number of amides is 2. The van der Waals surface area contributed by atoms with Crippen molar-refractivity contribution in [2.24, 2.45) is 0 Å². The van der Waals surface area contributed by atoms with Crippen LogP contribution in [0.1, 0.15) is 28.8 Å². The lowest BCUT2D eigenvalue weighted by Gasteiger charge is -2.11. The molecule has 158 valence electrons. The van der Waals surface area contributed by atoms with Crippen molar-refractivity contribution >= 4 is 58.3 Å². The van der Waals surface area contributed by atoms with E-state index >= 15 is 0 Å². The number of halogens is 2. The molecule has 0 atom stereocenters. The Bertz CT molecular complexity index is 926. The van der Waals surface area contributed by atoms with E-state index in [9.17, 15) is 14.4 Å². The molecule has 30 heavy (non-hydrogen) atoms. The van der Waals surface area contributed by atoms with Crippen molar-refractivity contribution in [3.05, 3.63) is 69.7 Å². The van der Waals surface area contributed by atoms with Crippen LogP contribution in [0.25, 0.3) is 0 Å².